The Balaban J connectivity index is 2.96. The second-order valence-electron chi connectivity index (χ2n) is 3.70. The lowest BCUT2D eigenvalue weighted by Gasteiger charge is -2.17. The van der Waals surface area contributed by atoms with Gasteiger partial charge in [0.1, 0.15) is 5.82 Å². The van der Waals surface area contributed by atoms with Crippen molar-refractivity contribution < 1.29 is 9.50 Å². The van der Waals surface area contributed by atoms with Crippen molar-refractivity contribution >= 4 is 11.6 Å². The van der Waals surface area contributed by atoms with Crippen molar-refractivity contribution in [3.63, 3.8) is 0 Å². The number of hydrogen-bond acceptors (Lipinski definition) is 1. The third kappa shape index (κ3) is 2.98. The van der Waals surface area contributed by atoms with E-state index in [1.807, 2.05) is 0 Å². The number of hydrogen-bond donors (Lipinski definition) is 1. The van der Waals surface area contributed by atoms with E-state index in [9.17, 15) is 9.50 Å². The molecule has 0 unspecified atom stereocenters. The number of aliphatic hydroxyl groups is 1. The van der Waals surface area contributed by atoms with Gasteiger partial charge >= 0.3 is 0 Å². The van der Waals surface area contributed by atoms with Crippen LogP contribution in [0.2, 0.25) is 5.02 Å². The van der Waals surface area contributed by atoms with Crippen LogP contribution in [0, 0.1) is 5.82 Å². The molecule has 1 nitrogen and oxygen atoms in total. The maximum absolute atomic E-state index is 13.3. The molecule has 0 aliphatic rings. The predicted octanol–water partition coefficient (Wildman–Crippen LogP) is 2.79. The van der Waals surface area contributed by atoms with Gasteiger partial charge in [-0.25, -0.2) is 4.39 Å². The lowest BCUT2D eigenvalue weighted by atomic mass is 9.98. The minimum Gasteiger partial charge on any atom is -0.390 e. The molecule has 0 heterocycles. The van der Waals surface area contributed by atoms with Gasteiger partial charge in [-0.2, -0.15) is 0 Å². The maximum Gasteiger partial charge on any atom is 0.145 e. The summed E-state index contributed by atoms with van der Waals surface area (Å²) in [6, 6.07) is 4.79. The molecule has 0 fully saturated rings. The number of halogens is 2. The van der Waals surface area contributed by atoms with Gasteiger partial charge in [-0.05, 0) is 25.5 Å². The molecule has 0 spiro atoms. The molecule has 0 saturated heterocycles. The molecule has 0 atom stereocenters. The largest absolute Gasteiger partial charge is 0.390 e. The van der Waals surface area contributed by atoms with E-state index < -0.39 is 11.4 Å². The lowest BCUT2D eigenvalue weighted by Crippen LogP contribution is -2.22. The average molecular weight is 203 g/mol. The summed E-state index contributed by atoms with van der Waals surface area (Å²) >= 11 is 5.59. The molecule has 1 aromatic rings. The minimum absolute atomic E-state index is 0.0988. The maximum atomic E-state index is 13.3. The quantitative estimate of drug-likeness (QED) is 0.782. The Hall–Kier alpha value is -0.600. The van der Waals surface area contributed by atoms with Gasteiger partial charge in [0, 0.05) is 6.42 Å². The van der Waals surface area contributed by atoms with Gasteiger partial charge < -0.3 is 5.11 Å². The molecule has 1 aromatic carbocycles. The molecule has 13 heavy (non-hydrogen) atoms. The first-order valence-corrected chi connectivity index (χ1v) is 4.43. The SMILES string of the molecule is CC(C)(O)Cc1cccc(Cl)c1F. The molecule has 0 aliphatic carbocycles. The summed E-state index contributed by atoms with van der Waals surface area (Å²) in [6.07, 6.45) is 0.263. The molecule has 1 N–H and O–H groups in total. The first-order valence-electron chi connectivity index (χ1n) is 4.05. The van der Waals surface area contributed by atoms with Crippen molar-refractivity contribution in [2.45, 2.75) is 25.9 Å². The van der Waals surface area contributed by atoms with Gasteiger partial charge in [0.25, 0.3) is 0 Å². The molecule has 0 radical (unpaired) electrons. The van der Waals surface area contributed by atoms with Crippen LogP contribution in [-0.4, -0.2) is 10.7 Å². The van der Waals surface area contributed by atoms with E-state index in [0.29, 0.717) is 5.56 Å². The van der Waals surface area contributed by atoms with Crippen LogP contribution in [-0.2, 0) is 6.42 Å². The third-order valence-corrected chi connectivity index (χ3v) is 1.95. The summed E-state index contributed by atoms with van der Waals surface area (Å²) in [7, 11) is 0. The van der Waals surface area contributed by atoms with Gasteiger partial charge in [-0.15, -0.1) is 0 Å². The Morgan fingerprint density at radius 1 is 1.46 bits per heavy atom. The summed E-state index contributed by atoms with van der Waals surface area (Å²) in [5.74, 6) is -0.439. The lowest BCUT2D eigenvalue weighted by molar-refractivity contribution is 0.0800. The predicted molar refractivity (Wildman–Crippen MR) is 51.4 cm³/mol. The minimum atomic E-state index is -0.911. The highest BCUT2D eigenvalue weighted by Gasteiger charge is 2.16. The first kappa shape index (κ1) is 10.5. The van der Waals surface area contributed by atoms with Gasteiger partial charge in [0.2, 0.25) is 0 Å². The van der Waals surface area contributed by atoms with Crippen LogP contribution in [0.4, 0.5) is 4.39 Å². The fourth-order valence-corrected chi connectivity index (χ4v) is 1.35. The highest BCUT2D eigenvalue weighted by Crippen LogP contribution is 2.21. The van der Waals surface area contributed by atoms with E-state index in [4.69, 9.17) is 11.6 Å². The summed E-state index contributed by atoms with van der Waals surface area (Å²) in [6.45, 7) is 3.26. The zero-order valence-electron chi connectivity index (χ0n) is 7.64. The van der Waals surface area contributed by atoms with E-state index in [0.717, 1.165) is 0 Å². The van der Waals surface area contributed by atoms with E-state index in [1.165, 1.54) is 6.07 Å². The van der Waals surface area contributed by atoms with Gasteiger partial charge in [0.05, 0.1) is 10.6 Å². The molecule has 0 aliphatic heterocycles. The first-order chi connectivity index (χ1) is 5.90. The molecule has 0 aromatic heterocycles. The van der Waals surface area contributed by atoms with Crippen molar-refractivity contribution in [3.8, 4) is 0 Å². The average Bonchev–Trinajstić information content (AvgIpc) is 1.96. The van der Waals surface area contributed by atoms with Crippen molar-refractivity contribution in [1.82, 2.24) is 0 Å². The van der Waals surface area contributed by atoms with E-state index >= 15 is 0 Å². The Morgan fingerprint density at radius 3 is 2.62 bits per heavy atom. The highest BCUT2D eigenvalue weighted by atomic mass is 35.5. The van der Waals surface area contributed by atoms with Crippen LogP contribution in [0.3, 0.4) is 0 Å². The third-order valence-electron chi connectivity index (χ3n) is 1.65. The monoisotopic (exact) mass is 202 g/mol. The second-order valence-corrected chi connectivity index (χ2v) is 4.11. The van der Waals surface area contributed by atoms with Crippen LogP contribution >= 0.6 is 11.6 Å². The summed E-state index contributed by atoms with van der Waals surface area (Å²) < 4.78 is 13.3. The van der Waals surface area contributed by atoms with Crippen molar-refractivity contribution in [1.29, 1.82) is 0 Å². The zero-order valence-corrected chi connectivity index (χ0v) is 8.40. The van der Waals surface area contributed by atoms with E-state index in [-0.39, 0.29) is 11.4 Å². The van der Waals surface area contributed by atoms with Gasteiger partial charge in [0.15, 0.2) is 0 Å². The topological polar surface area (TPSA) is 20.2 Å². The normalized spacial score (nSPS) is 11.8. The van der Waals surface area contributed by atoms with Crippen LogP contribution in [0.15, 0.2) is 18.2 Å². The Bertz CT molecular complexity index is 304. The molecular formula is C10H12ClFO. The highest BCUT2D eigenvalue weighted by molar-refractivity contribution is 6.30. The molecule has 0 amide bonds. The van der Waals surface area contributed by atoms with Crippen LogP contribution in [0.25, 0.3) is 0 Å². The molecular weight excluding hydrogens is 191 g/mol. The van der Waals surface area contributed by atoms with Crippen molar-refractivity contribution in [2.24, 2.45) is 0 Å². The van der Waals surface area contributed by atoms with Crippen LogP contribution in [0.1, 0.15) is 19.4 Å². The molecule has 0 saturated carbocycles. The van der Waals surface area contributed by atoms with Gasteiger partial charge in [-0.1, -0.05) is 23.7 Å². The smallest absolute Gasteiger partial charge is 0.145 e. The molecule has 1 rings (SSSR count). The van der Waals surface area contributed by atoms with Crippen molar-refractivity contribution in [3.05, 3.63) is 34.6 Å². The molecule has 3 heteroatoms. The summed E-state index contributed by atoms with van der Waals surface area (Å²) in [5, 5.41) is 9.58. The Morgan fingerprint density at radius 2 is 2.08 bits per heavy atom. The standard InChI is InChI=1S/C10H12ClFO/c1-10(2,13)6-7-4-3-5-8(11)9(7)12/h3-5,13H,6H2,1-2H3. The second kappa shape index (κ2) is 3.64. The Labute approximate surface area is 82.2 Å². The van der Waals surface area contributed by atoms with Crippen LogP contribution < -0.4 is 0 Å². The number of benzene rings is 1. The van der Waals surface area contributed by atoms with Crippen LogP contribution in [0.5, 0.6) is 0 Å². The Kier molecular flexibility index (Phi) is 2.94. The van der Waals surface area contributed by atoms with Gasteiger partial charge in [-0.3, -0.25) is 0 Å². The van der Waals surface area contributed by atoms with Crippen molar-refractivity contribution in [2.75, 3.05) is 0 Å². The number of rotatable bonds is 2. The summed E-state index contributed by atoms with van der Waals surface area (Å²) in [4.78, 5) is 0. The summed E-state index contributed by atoms with van der Waals surface area (Å²) in [5.41, 5.74) is -0.467. The fraction of sp³-hybridized carbons (Fsp3) is 0.400. The molecule has 72 valence electrons. The molecule has 0 bridgehead atoms. The van der Waals surface area contributed by atoms with E-state index in [1.54, 1.807) is 26.0 Å². The zero-order chi connectivity index (χ0) is 10.1. The van der Waals surface area contributed by atoms with E-state index in [2.05, 4.69) is 0 Å². The fourth-order valence-electron chi connectivity index (χ4n) is 1.15.